The molecular formula is C10H11N3O2S. The molecule has 0 amide bonds. The molecule has 16 heavy (non-hydrogen) atoms. The van der Waals surface area contributed by atoms with E-state index in [-0.39, 0.29) is 11.7 Å². The third-order valence-electron chi connectivity index (χ3n) is 2.68. The average Bonchev–Trinajstić information content (AvgIpc) is 2.63. The molecule has 0 saturated carbocycles. The van der Waals surface area contributed by atoms with Crippen LogP contribution in [-0.4, -0.2) is 38.6 Å². The van der Waals surface area contributed by atoms with Gasteiger partial charge in [-0.3, -0.25) is 14.1 Å². The number of β-amino-alcohol motifs (C(OH)–C–C–N with tert-alkyl or cyclic N) is 1. The third kappa shape index (κ3) is 1.64. The number of nitrogens with zero attached hydrogens (tertiary/aromatic N) is 3. The van der Waals surface area contributed by atoms with Crippen molar-refractivity contribution in [3.05, 3.63) is 33.7 Å². The molecule has 0 spiro atoms. The van der Waals surface area contributed by atoms with E-state index in [4.69, 9.17) is 5.11 Å². The lowest BCUT2D eigenvalue weighted by atomic mass is 10.1. The Balaban J connectivity index is 1.89. The number of thiazole rings is 1. The van der Waals surface area contributed by atoms with E-state index in [0.29, 0.717) is 19.6 Å². The second-order valence-corrected chi connectivity index (χ2v) is 4.86. The van der Waals surface area contributed by atoms with Gasteiger partial charge < -0.3 is 5.11 Å². The smallest absolute Gasteiger partial charge is 0.258 e. The quantitative estimate of drug-likeness (QED) is 0.794. The molecule has 5 nitrogen and oxygen atoms in total. The summed E-state index contributed by atoms with van der Waals surface area (Å²) in [6.07, 6.45) is 1.51. The molecule has 0 unspecified atom stereocenters. The van der Waals surface area contributed by atoms with Crippen molar-refractivity contribution in [3.8, 4) is 0 Å². The van der Waals surface area contributed by atoms with E-state index in [9.17, 15) is 4.79 Å². The summed E-state index contributed by atoms with van der Waals surface area (Å²) in [4.78, 5) is 18.9. The maximum absolute atomic E-state index is 11.7. The Morgan fingerprint density at radius 1 is 1.56 bits per heavy atom. The zero-order valence-corrected chi connectivity index (χ0v) is 9.35. The van der Waals surface area contributed by atoms with Gasteiger partial charge in [0.1, 0.15) is 0 Å². The molecule has 0 atom stereocenters. The highest BCUT2D eigenvalue weighted by Crippen LogP contribution is 2.12. The highest BCUT2D eigenvalue weighted by Gasteiger charge is 2.24. The fraction of sp³-hybridized carbons (Fsp3) is 0.400. The molecule has 2 aromatic heterocycles. The normalized spacial score (nSPS) is 17.8. The van der Waals surface area contributed by atoms with E-state index in [0.717, 1.165) is 10.7 Å². The molecule has 1 aliphatic heterocycles. The lowest BCUT2D eigenvalue weighted by Crippen LogP contribution is -2.50. The number of hydrogen-bond acceptors (Lipinski definition) is 5. The largest absolute Gasteiger partial charge is 0.390 e. The molecule has 1 fully saturated rings. The minimum absolute atomic E-state index is 0.0395. The van der Waals surface area contributed by atoms with Gasteiger partial charge in [-0.05, 0) is 0 Å². The van der Waals surface area contributed by atoms with Crippen molar-refractivity contribution in [2.24, 2.45) is 0 Å². The van der Waals surface area contributed by atoms with Crippen LogP contribution in [0.3, 0.4) is 0 Å². The summed E-state index contributed by atoms with van der Waals surface area (Å²) in [7, 11) is 0. The van der Waals surface area contributed by atoms with Crippen LogP contribution in [-0.2, 0) is 6.54 Å². The van der Waals surface area contributed by atoms with Crippen molar-refractivity contribution < 1.29 is 5.11 Å². The predicted octanol–water partition coefficient (Wildman–Crippen LogP) is -0.0675. The van der Waals surface area contributed by atoms with Gasteiger partial charge in [-0.2, -0.15) is 0 Å². The van der Waals surface area contributed by atoms with Crippen molar-refractivity contribution in [3.63, 3.8) is 0 Å². The molecule has 0 aliphatic carbocycles. The summed E-state index contributed by atoms with van der Waals surface area (Å²) in [5.41, 5.74) is 0.738. The van der Waals surface area contributed by atoms with Crippen molar-refractivity contribution in [2.45, 2.75) is 12.6 Å². The first kappa shape index (κ1) is 9.95. The molecule has 1 saturated heterocycles. The summed E-state index contributed by atoms with van der Waals surface area (Å²) in [5.74, 6) is 0. The summed E-state index contributed by atoms with van der Waals surface area (Å²) in [6.45, 7) is 1.98. The Morgan fingerprint density at radius 3 is 3.12 bits per heavy atom. The number of fused-ring (bicyclic) bond motifs is 1. The SMILES string of the molecule is O=c1cc(CN2CC(O)C2)nc2sccn12. The molecule has 3 heterocycles. The number of aliphatic hydroxyl groups excluding tert-OH is 1. The summed E-state index contributed by atoms with van der Waals surface area (Å²) in [6, 6.07) is 1.56. The van der Waals surface area contributed by atoms with Crippen LogP contribution in [0.2, 0.25) is 0 Å². The van der Waals surface area contributed by atoms with Crippen LogP contribution >= 0.6 is 11.3 Å². The van der Waals surface area contributed by atoms with Crippen LogP contribution in [0.5, 0.6) is 0 Å². The third-order valence-corrected chi connectivity index (χ3v) is 3.44. The first-order valence-electron chi connectivity index (χ1n) is 5.08. The van der Waals surface area contributed by atoms with Gasteiger partial charge in [0.25, 0.3) is 5.56 Å². The van der Waals surface area contributed by atoms with Gasteiger partial charge in [-0.25, -0.2) is 4.98 Å². The molecule has 6 heteroatoms. The molecule has 0 bridgehead atoms. The van der Waals surface area contributed by atoms with E-state index in [1.165, 1.54) is 11.3 Å². The Bertz CT molecular complexity index is 571. The van der Waals surface area contributed by atoms with Crippen molar-refractivity contribution in [1.82, 2.24) is 14.3 Å². The Kier molecular flexibility index (Phi) is 2.27. The van der Waals surface area contributed by atoms with Crippen LogP contribution < -0.4 is 5.56 Å². The number of likely N-dealkylation sites (tertiary alicyclic amines) is 1. The summed E-state index contributed by atoms with van der Waals surface area (Å²) >= 11 is 1.45. The molecule has 3 rings (SSSR count). The maximum atomic E-state index is 11.7. The Labute approximate surface area is 95.6 Å². The van der Waals surface area contributed by atoms with Gasteiger partial charge in [0.05, 0.1) is 11.8 Å². The van der Waals surface area contributed by atoms with E-state index < -0.39 is 0 Å². The molecule has 0 aromatic carbocycles. The molecule has 1 N–H and O–H groups in total. The average molecular weight is 237 g/mol. The highest BCUT2D eigenvalue weighted by molar-refractivity contribution is 7.15. The summed E-state index contributed by atoms with van der Waals surface area (Å²) < 4.78 is 1.54. The zero-order valence-electron chi connectivity index (χ0n) is 8.54. The van der Waals surface area contributed by atoms with Crippen LogP contribution in [0.1, 0.15) is 5.69 Å². The van der Waals surface area contributed by atoms with Gasteiger partial charge in [0.2, 0.25) is 0 Å². The standard InChI is InChI=1S/C10H11N3O2S/c14-8-5-12(6-8)4-7-3-9(15)13-1-2-16-10(13)11-7/h1-3,8,14H,4-6H2. The van der Waals surface area contributed by atoms with Gasteiger partial charge >= 0.3 is 0 Å². The maximum Gasteiger partial charge on any atom is 0.258 e. The lowest BCUT2D eigenvalue weighted by molar-refractivity contribution is -0.00352. The topological polar surface area (TPSA) is 57.8 Å². The van der Waals surface area contributed by atoms with E-state index in [1.54, 1.807) is 16.7 Å². The van der Waals surface area contributed by atoms with Gasteiger partial charge in [0.15, 0.2) is 4.96 Å². The van der Waals surface area contributed by atoms with Crippen molar-refractivity contribution >= 4 is 16.3 Å². The molecule has 2 aromatic rings. The van der Waals surface area contributed by atoms with Crippen LogP contribution in [0.15, 0.2) is 22.4 Å². The summed E-state index contributed by atoms with van der Waals surface area (Å²) in [5, 5.41) is 11.0. The van der Waals surface area contributed by atoms with E-state index >= 15 is 0 Å². The predicted molar refractivity (Wildman–Crippen MR) is 60.6 cm³/mol. The lowest BCUT2D eigenvalue weighted by Gasteiger charge is -2.35. The molecule has 0 radical (unpaired) electrons. The fourth-order valence-electron chi connectivity index (χ4n) is 1.87. The van der Waals surface area contributed by atoms with E-state index in [1.807, 2.05) is 5.38 Å². The van der Waals surface area contributed by atoms with Gasteiger partial charge in [-0.15, -0.1) is 11.3 Å². The highest BCUT2D eigenvalue weighted by atomic mass is 32.1. The first-order valence-corrected chi connectivity index (χ1v) is 5.96. The van der Waals surface area contributed by atoms with Gasteiger partial charge in [0, 0.05) is 37.3 Å². The van der Waals surface area contributed by atoms with Crippen LogP contribution in [0, 0.1) is 0 Å². The Morgan fingerprint density at radius 2 is 2.38 bits per heavy atom. The molecule has 84 valence electrons. The fourth-order valence-corrected chi connectivity index (χ4v) is 2.61. The number of aliphatic hydroxyl groups is 1. The molecular weight excluding hydrogens is 226 g/mol. The minimum Gasteiger partial charge on any atom is -0.390 e. The number of hydrogen-bond donors (Lipinski definition) is 1. The number of rotatable bonds is 2. The van der Waals surface area contributed by atoms with Crippen LogP contribution in [0.25, 0.3) is 4.96 Å². The second-order valence-electron chi connectivity index (χ2n) is 3.99. The number of aromatic nitrogens is 2. The van der Waals surface area contributed by atoms with E-state index in [2.05, 4.69) is 9.88 Å². The zero-order chi connectivity index (χ0) is 11.1. The molecule has 1 aliphatic rings. The van der Waals surface area contributed by atoms with Gasteiger partial charge in [-0.1, -0.05) is 0 Å². The monoisotopic (exact) mass is 237 g/mol. The van der Waals surface area contributed by atoms with Crippen molar-refractivity contribution in [2.75, 3.05) is 13.1 Å². The van der Waals surface area contributed by atoms with Crippen molar-refractivity contribution in [1.29, 1.82) is 0 Å². The first-order chi connectivity index (χ1) is 7.72. The minimum atomic E-state index is -0.216. The Hall–Kier alpha value is -1.24. The van der Waals surface area contributed by atoms with Crippen LogP contribution in [0.4, 0.5) is 0 Å². The second kappa shape index (κ2) is 3.65.